The van der Waals surface area contributed by atoms with E-state index in [2.05, 4.69) is 16.2 Å². The first kappa shape index (κ1) is 21.0. The van der Waals surface area contributed by atoms with Crippen LogP contribution in [0.15, 0.2) is 48.5 Å². The van der Waals surface area contributed by atoms with Crippen LogP contribution < -0.4 is 16.2 Å². The van der Waals surface area contributed by atoms with E-state index in [0.29, 0.717) is 0 Å². The van der Waals surface area contributed by atoms with Crippen LogP contribution in [-0.4, -0.2) is 18.4 Å². The molecule has 0 aliphatic carbocycles. The van der Waals surface area contributed by atoms with E-state index < -0.39 is 23.6 Å². The fourth-order valence-electron chi connectivity index (χ4n) is 2.40. The monoisotopic (exact) mass is 391 g/mol. The minimum atomic E-state index is -4.46. The maximum absolute atomic E-state index is 12.7. The molecule has 0 saturated carbocycles. The summed E-state index contributed by atoms with van der Waals surface area (Å²) in [5.41, 5.74) is 6.70. The molecule has 0 aliphatic rings. The van der Waals surface area contributed by atoms with Crippen molar-refractivity contribution >= 4 is 23.6 Å². The highest BCUT2D eigenvalue weighted by molar-refractivity contribution is 5.93. The van der Waals surface area contributed by atoms with Crippen LogP contribution in [0.25, 0.3) is 6.08 Å². The summed E-state index contributed by atoms with van der Waals surface area (Å²) < 4.78 is 38.0. The molecule has 148 valence electrons. The van der Waals surface area contributed by atoms with Gasteiger partial charge in [0.05, 0.1) is 12.1 Å². The van der Waals surface area contributed by atoms with Gasteiger partial charge in [-0.3, -0.25) is 20.4 Å². The van der Waals surface area contributed by atoms with E-state index in [4.69, 9.17) is 0 Å². The molecule has 28 heavy (non-hydrogen) atoms. The van der Waals surface area contributed by atoms with E-state index in [1.54, 1.807) is 0 Å². The Balaban J connectivity index is 1.81. The molecule has 0 aromatic heterocycles. The second-order valence-corrected chi connectivity index (χ2v) is 6.17. The molecule has 8 heteroatoms. The molecule has 5 nitrogen and oxygen atoms in total. The molecular weight excluding hydrogens is 371 g/mol. The molecule has 0 aliphatic heterocycles. The van der Waals surface area contributed by atoms with Crippen LogP contribution in [0.2, 0.25) is 0 Å². The minimum Gasteiger partial charge on any atom is -0.376 e. The summed E-state index contributed by atoms with van der Waals surface area (Å²) in [5.74, 6) is -1.14. The van der Waals surface area contributed by atoms with E-state index in [0.717, 1.165) is 35.0 Å². The molecule has 0 spiro atoms. The average Bonchev–Trinajstić information content (AvgIpc) is 2.63. The number of nitrogens with one attached hydrogen (secondary N) is 3. The third-order valence-electron chi connectivity index (χ3n) is 3.79. The molecule has 2 amide bonds. The van der Waals surface area contributed by atoms with Crippen molar-refractivity contribution in [2.75, 3.05) is 11.9 Å². The zero-order valence-electron chi connectivity index (χ0n) is 15.4. The lowest BCUT2D eigenvalue weighted by Crippen LogP contribution is -2.43. The van der Waals surface area contributed by atoms with Crippen molar-refractivity contribution in [1.82, 2.24) is 10.9 Å². The van der Waals surface area contributed by atoms with Crippen molar-refractivity contribution in [3.63, 3.8) is 0 Å². The number of carbonyl (C=O) groups is 2. The summed E-state index contributed by atoms with van der Waals surface area (Å²) in [6.07, 6.45) is -2.19. The van der Waals surface area contributed by atoms with Crippen LogP contribution in [0.1, 0.15) is 22.3 Å². The molecule has 0 unspecified atom stereocenters. The minimum absolute atomic E-state index is 0.0540. The lowest BCUT2D eigenvalue weighted by molar-refractivity contribution is -0.137. The highest BCUT2D eigenvalue weighted by atomic mass is 19.4. The fourth-order valence-corrected chi connectivity index (χ4v) is 2.40. The number of hydrazine groups is 1. The van der Waals surface area contributed by atoms with Gasteiger partial charge < -0.3 is 5.32 Å². The number of hydrogen-bond acceptors (Lipinski definition) is 3. The lowest BCUT2D eigenvalue weighted by Gasteiger charge is -2.10. The number of anilines is 1. The second kappa shape index (κ2) is 9.07. The van der Waals surface area contributed by atoms with Gasteiger partial charge in [-0.1, -0.05) is 29.8 Å². The van der Waals surface area contributed by atoms with Gasteiger partial charge in [0.1, 0.15) is 0 Å². The Bertz CT molecular complexity index is 893. The fraction of sp³-hybridized carbons (Fsp3) is 0.200. The molecule has 0 bridgehead atoms. The third kappa shape index (κ3) is 6.46. The molecule has 3 N–H and O–H groups in total. The van der Waals surface area contributed by atoms with Crippen molar-refractivity contribution < 1.29 is 22.8 Å². The summed E-state index contributed by atoms with van der Waals surface area (Å²) in [6, 6.07) is 10.3. The third-order valence-corrected chi connectivity index (χ3v) is 3.79. The molecule has 0 fully saturated rings. The zero-order valence-corrected chi connectivity index (χ0v) is 15.4. The number of amides is 2. The largest absolute Gasteiger partial charge is 0.416 e. The van der Waals surface area contributed by atoms with Crippen LogP contribution in [0.5, 0.6) is 0 Å². The first-order valence-corrected chi connectivity index (χ1v) is 8.40. The Morgan fingerprint density at radius 3 is 2.46 bits per heavy atom. The van der Waals surface area contributed by atoms with Crippen molar-refractivity contribution in [3.8, 4) is 0 Å². The number of halogens is 3. The van der Waals surface area contributed by atoms with Gasteiger partial charge >= 0.3 is 6.18 Å². The maximum atomic E-state index is 12.7. The predicted molar refractivity (Wildman–Crippen MR) is 101 cm³/mol. The molecule has 0 radical (unpaired) electrons. The van der Waals surface area contributed by atoms with E-state index in [-0.39, 0.29) is 12.1 Å². The Morgan fingerprint density at radius 2 is 1.79 bits per heavy atom. The first-order valence-electron chi connectivity index (χ1n) is 8.40. The van der Waals surface area contributed by atoms with Gasteiger partial charge in [0.2, 0.25) is 0 Å². The van der Waals surface area contributed by atoms with Crippen LogP contribution in [0, 0.1) is 13.8 Å². The van der Waals surface area contributed by atoms with Gasteiger partial charge in [-0.15, -0.1) is 0 Å². The number of aryl methyl sites for hydroxylation is 2. The van der Waals surface area contributed by atoms with Crippen LogP contribution in [0.3, 0.4) is 0 Å². The Morgan fingerprint density at radius 1 is 1.04 bits per heavy atom. The summed E-state index contributed by atoms with van der Waals surface area (Å²) in [6.45, 7) is 3.82. The average molecular weight is 391 g/mol. The van der Waals surface area contributed by atoms with E-state index >= 15 is 0 Å². The lowest BCUT2D eigenvalue weighted by atomic mass is 10.1. The summed E-state index contributed by atoms with van der Waals surface area (Å²) in [7, 11) is 0. The smallest absolute Gasteiger partial charge is 0.376 e. The molecule has 0 saturated heterocycles. The second-order valence-electron chi connectivity index (χ2n) is 6.17. The SMILES string of the molecule is Cc1ccc(NCC(=O)NNC(=O)/C=C/c2cccc(C(F)(F)F)c2)c(C)c1. The van der Waals surface area contributed by atoms with Crippen molar-refractivity contribution in [2.45, 2.75) is 20.0 Å². The van der Waals surface area contributed by atoms with Gasteiger partial charge in [-0.05, 0) is 49.2 Å². The summed E-state index contributed by atoms with van der Waals surface area (Å²) in [4.78, 5) is 23.5. The quantitative estimate of drug-likeness (QED) is 0.539. The predicted octanol–water partition coefficient (Wildman–Crippen LogP) is 3.59. The summed E-state index contributed by atoms with van der Waals surface area (Å²) >= 11 is 0. The van der Waals surface area contributed by atoms with Gasteiger partial charge in [0, 0.05) is 11.8 Å². The Hall–Kier alpha value is -3.29. The van der Waals surface area contributed by atoms with E-state index in [1.807, 2.05) is 32.0 Å². The first-order chi connectivity index (χ1) is 13.1. The van der Waals surface area contributed by atoms with Crippen molar-refractivity contribution in [3.05, 3.63) is 70.8 Å². The van der Waals surface area contributed by atoms with Crippen LogP contribution in [0.4, 0.5) is 18.9 Å². The van der Waals surface area contributed by atoms with Gasteiger partial charge in [-0.25, -0.2) is 0 Å². The Kier molecular flexibility index (Phi) is 6.81. The molecular formula is C20H20F3N3O2. The van der Waals surface area contributed by atoms with Gasteiger partial charge in [0.25, 0.3) is 11.8 Å². The maximum Gasteiger partial charge on any atom is 0.416 e. The number of rotatable bonds is 5. The molecule has 2 aromatic carbocycles. The van der Waals surface area contributed by atoms with E-state index in [9.17, 15) is 22.8 Å². The normalized spacial score (nSPS) is 11.3. The van der Waals surface area contributed by atoms with E-state index in [1.165, 1.54) is 18.2 Å². The number of benzene rings is 2. The zero-order chi connectivity index (χ0) is 20.7. The van der Waals surface area contributed by atoms with Gasteiger partial charge in [-0.2, -0.15) is 13.2 Å². The summed E-state index contributed by atoms with van der Waals surface area (Å²) in [5, 5.41) is 2.95. The topological polar surface area (TPSA) is 70.2 Å². The van der Waals surface area contributed by atoms with Gasteiger partial charge in [0.15, 0.2) is 0 Å². The standard InChI is InChI=1S/C20H20F3N3O2/c1-13-6-8-17(14(2)10-13)24-12-19(28)26-25-18(27)9-7-15-4-3-5-16(11-15)20(21,22)23/h3-11,24H,12H2,1-2H3,(H,25,27)(H,26,28)/b9-7+. The van der Waals surface area contributed by atoms with Crippen molar-refractivity contribution in [2.24, 2.45) is 0 Å². The molecule has 0 atom stereocenters. The highest BCUT2D eigenvalue weighted by Crippen LogP contribution is 2.29. The molecule has 2 rings (SSSR count). The van der Waals surface area contributed by atoms with Crippen molar-refractivity contribution in [1.29, 1.82) is 0 Å². The van der Waals surface area contributed by atoms with Crippen LogP contribution >= 0.6 is 0 Å². The highest BCUT2D eigenvalue weighted by Gasteiger charge is 2.30. The number of alkyl halides is 3. The number of hydrogen-bond donors (Lipinski definition) is 3. The number of carbonyl (C=O) groups excluding carboxylic acids is 2. The van der Waals surface area contributed by atoms with Crippen LogP contribution in [-0.2, 0) is 15.8 Å². The molecule has 2 aromatic rings. The Labute approximate surface area is 160 Å². The molecule has 0 heterocycles.